The van der Waals surface area contributed by atoms with Gasteiger partial charge in [-0.3, -0.25) is 0 Å². The first-order valence-electron chi connectivity index (χ1n) is 9.18. The van der Waals surface area contributed by atoms with Gasteiger partial charge in [-0.25, -0.2) is 9.78 Å². The van der Waals surface area contributed by atoms with Gasteiger partial charge in [0.1, 0.15) is 12.4 Å². The number of anilines is 1. The molecule has 138 valence electrons. The van der Waals surface area contributed by atoms with Crippen molar-refractivity contribution in [2.75, 3.05) is 25.5 Å². The standard InChI is InChI=1S/C21H27N3O2/c1-16-18(12-13-20(22-16)23(2)3)19-11-7-8-14-24(19)21(25)26-15-17-9-5-4-6-10-17/h4-6,9-10,12-13,19H,7-8,11,14-15H2,1-3H3/t19-/m0/s1. The highest BCUT2D eigenvalue weighted by molar-refractivity contribution is 5.68. The van der Waals surface area contributed by atoms with Crippen molar-refractivity contribution in [1.29, 1.82) is 0 Å². The Morgan fingerprint density at radius 3 is 2.65 bits per heavy atom. The number of hydrogen-bond acceptors (Lipinski definition) is 4. The average Bonchev–Trinajstić information content (AvgIpc) is 2.67. The fourth-order valence-corrected chi connectivity index (χ4v) is 3.44. The number of amides is 1. The summed E-state index contributed by atoms with van der Waals surface area (Å²) in [5.41, 5.74) is 3.10. The van der Waals surface area contributed by atoms with Gasteiger partial charge in [-0.1, -0.05) is 36.4 Å². The summed E-state index contributed by atoms with van der Waals surface area (Å²) >= 11 is 0. The van der Waals surface area contributed by atoms with Crippen LogP contribution in [0.15, 0.2) is 42.5 Å². The molecule has 0 spiro atoms. The SMILES string of the molecule is Cc1nc(N(C)C)ccc1[C@@H]1CCCCN1C(=O)OCc1ccccc1. The van der Waals surface area contributed by atoms with Gasteiger partial charge in [0.15, 0.2) is 0 Å². The van der Waals surface area contributed by atoms with Gasteiger partial charge in [0.05, 0.1) is 6.04 Å². The normalized spacial score (nSPS) is 17.0. The summed E-state index contributed by atoms with van der Waals surface area (Å²) in [6, 6.07) is 14.0. The highest BCUT2D eigenvalue weighted by atomic mass is 16.6. The largest absolute Gasteiger partial charge is 0.445 e. The van der Waals surface area contributed by atoms with E-state index in [4.69, 9.17) is 4.74 Å². The van der Waals surface area contributed by atoms with Gasteiger partial charge in [-0.2, -0.15) is 0 Å². The predicted octanol–water partition coefficient (Wildman–Crippen LogP) is 4.32. The summed E-state index contributed by atoms with van der Waals surface area (Å²) in [6.45, 7) is 3.05. The van der Waals surface area contributed by atoms with Crippen LogP contribution in [0.3, 0.4) is 0 Å². The topological polar surface area (TPSA) is 45.7 Å². The second kappa shape index (κ2) is 8.21. The summed E-state index contributed by atoms with van der Waals surface area (Å²) in [5.74, 6) is 0.931. The molecule has 0 bridgehead atoms. The van der Waals surface area contributed by atoms with Crippen molar-refractivity contribution < 1.29 is 9.53 Å². The molecule has 1 aliphatic heterocycles. The van der Waals surface area contributed by atoms with E-state index in [-0.39, 0.29) is 12.1 Å². The van der Waals surface area contributed by atoms with Crippen LogP contribution >= 0.6 is 0 Å². The zero-order valence-corrected chi connectivity index (χ0v) is 15.8. The molecule has 0 radical (unpaired) electrons. The number of aromatic nitrogens is 1. The summed E-state index contributed by atoms with van der Waals surface area (Å²) in [7, 11) is 3.96. The van der Waals surface area contributed by atoms with E-state index in [1.54, 1.807) is 0 Å². The van der Waals surface area contributed by atoms with Gasteiger partial charge >= 0.3 is 6.09 Å². The second-order valence-corrected chi connectivity index (χ2v) is 6.98. The molecule has 5 nitrogen and oxygen atoms in total. The van der Waals surface area contributed by atoms with Crippen LogP contribution in [0.1, 0.15) is 42.1 Å². The molecular formula is C21H27N3O2. The number of pyridine rings is 1. The molecule has 2 aromatic rings. The minimum absolute atomic E-state index is 0.0377. The molecule has 2 heterocycles. The lowest BCUT2D eigenvalue weighted by Crippen LogP contribution is -2.39. The van der Waals surface area contributed by atoms with E-state index in [1.807, 2.05) is 67.2 Å². The monoisotopic (exact) mass is 353 g/mol. The number of carbonyl (C=O) groups is 1. The number of hydrogen-bond donors (Lipinski definition) is 0. The number of benzene rings is 1. The fourth-order valence-electron chi connectivity index (χ4n) is 3.44. The van der Waals surface area contributed by atoms with Gasteiger partial charge in [-0.15, -0.1) is 0 Å². The average molecular weight is 353 g/mol. The number of likely N-dealkylation sites (tertiary alicyclic amines) is 1. The van der Waals surface area contributed by atoms with E-state index < -0.39 is 0 Å². The lowest BCUT2D eigenvalue weighted by atomic mass is 9.94. The third-order valence-corrected chi connectivity index (χ3v) is 4.87. The number of nitrogens with zero attached hydrogens (tertiary/aromatic N) is 3. The van der Waals surface area contributed by atoms with Crippen LogP contribution in [0, 0.1) is 6.92 Å². The number of aryl methyl sites for hydroxylation is 1. The Balaban J connectivity index is 1.74. The quantitative estimate of drug-likeness (QED) is 0.821. The van der Waals surface area contributed by atoms with Crippen molar-refractivity contribution in [3.63, 3.8) is 0 Å². The van der Waals surface area contributed by atoms with E-state index >= 15 is 0 Å². The van der Waals surface area contributed by atoms with Crippen molar-refractivity contribution in [1.82, 2.24) is 9.88 Å². The minimum Gasteiger partial charge on any atom is -0.445 e. The van der Waals surface area contributed by atoms with Gasteiger partial charge in [0.25, 0.3) is 0 Å². The smallest absolute Gasteiger partial charge is 0.410 e. The Morgan fingerprint density at radius 2 is 1.96 bits per heavy atom. The van der Waals surface area contributed by atoms with Crippen LogP contribution in [-0.4, -0.2) is 36.6 Å². The molecule has 3 rings (SSSR count). The Morgan fingerprint density at radius 1 is 1.19 bits per heavy atom. The third kappa shape index (κ3) is 4.15. The maximum atomic E-state index is 12.7. The van der Waals surface area contributed by atoms with Crippen LogP contribution in [0.25, 0.3) is 0 Å². The number of rotatable bonds is 4. The third-order valence-electron chi connectivity index (χ3n) is 4.87. The Bertz CT molecular complexity index is 746. The molecule has 1 saturated heterocycles. The highest BCUT2D eigenvalue weighted by Gasteiger charge is 2.30. The zero-order chi connectivity index (χ0) is 18.5. The Kier molecular flexibility index (Phi) is 5.76. The number of piperidine rings is 1. The maximum Gasteiger partial charge on any atom is 0.410 e. The predicted molar refractivity (Wildman–Crippen MR) is 103 cm³/mol. The molecule has 1 atom stereocenters. The summed E-state index contributed by atoms with van der Waals surface area (Å²) in [5, 5.41) is 0. The van der Waals surface area contributed by atoms with E-state index in [0.717, 1.165) is 48.4 Å². The van der Waals surface area contributed by atoms with Crippen LogP contribution in [0.2, 0.25) is 0 Å². The summed E-state index contributed by atoms with van der Waals surface area (Å²) in [4.78, 5) is 21.3. The van der Waals surface area contributed by atoms with Gasteiger partial charge in [0.2, 0.25) is 0 Å². The fraction of sp³-hybridized carbons (Fsp3) is 0.429. The maximum absolute atomic E-state index is 12.7. The van der Waals surface area contributed by atoms with Crippen LogP contribution < -0.4 is 4.90 Å². The summed E-state index contributed by atoms with van der Waals surface area (Å²) in [6.07, 6.45) is 2.83. The molecule has 0 unspecified atom stereocenters. The molecule has 1 aromatic carbocycles. The van der Waals surface area contributed by atoms with Gasteiger partial charge < -0.3 is 14.5 Å². The van der Waals surface area contributed by atoms with E-state index in [2.05, 4.69) is 11.1 Å². The van der Waals surface area contributed by atoms with E-state index in [0.29, 0.717) is 6.61 Å². The first-order chi connectivity index (χ1) is 12.6. The molecule has 1 aromatic heterocycles. The molecule has 1 fully saturated rings. The zero-order valence-electron chi connectivity index (χ0n) is 15.8. The lowest BCUT2D eigenvalue weighted by molar-refractivity contribution is 0.0677. The minimum atomic E-state index is -0.241. The molecule has 5 heteroatoms. The van der Waals surface area contributed by atoms with Crippen LogP contribution in [0.4, 0.5) is 10.6 Å². The van der Waals surface area contributed by atoms with Gasteiger partial charge in [0, 0.05) is 26.3 Å². The van der Waals surface area contributed by atoms with E-state index in [1.165, 1.54) is 0 Å². The molecule has 1 aliphatic rings. The molecule has 0 aliphatic carbocycles. The van der Waals surface area contributed by atoms with Crippen molar-refractivity contribution >= 4 is 11.9 Å². The van der Waals surface area contributed by atoms with Crippen molar-refractivity contribution in [3.8, 4) is 0 Å². The van der Waals surface area contributed by atoms with Crippen molar-refractivity contribution in [2.24, 2.45) is 0 Å². The highest BCUT2D eigenvalue weighted by Crippen LogP contribution is 2.33. The Hall–Kier alpha value is -2.56. The first-order valence-corrected chi connectivity index (χ1v) is 9.18. The van der Waals surface area contributed by atoms with Crippen LogP contribution in [-0.2, 0) is 11.3 Å². The summed E-state index contributed by atoms with van der Waals surface area (Å²) < 4.78 is 5.58. The lowest BCUT2D eigenvalue weighted by Gasteiger charge is -2.35. The number of carbonyl (C=O) groups excluding carboxylic acids is 1. The molecule has 0 N–H and O–H groups in total. The molecule has 1 amide bonds. The molecule has 26 heavy (non-hydrogen) atoms. The van der Waals surface area contributed by atoms with E-state index in [9.17, 15) is 4.79 Å². The number of ether oxygens (including phenoxy) is 1. The van der Waals surface area contributed by atoms with Crippen molar-refractivity contribution in [3.05, 3.63) is 59.3 Å². The molecular weight excluding hydrogens is 326 g/mol. The second-order valence-electron chi connectivity index (χ2n) is 6.98. The molecule has 0 saturated carbocycles. The van der Waals surface area contributed by atoms with Gasteiger partial charge in [-0.05, 0) is 43.4 Å². The Labute approximate surface area is 155 Å². The first kappa shape index (κ1) is 18.2. The van der Waals surface area contributed by atoms with Crippen molar-refractivity contribution in [2.45, 2.75) is 38.8 Å². The van der Waals surface area contributed by atoms with Crippen LogP contribution in [0.5, 0.6) is 0 Å².